The maximum Gasteiger partial charge on any atom is 0.407 e. The molecule has 0 spiro atoms. The quantitative estimate of drug-likeness (QED) is 0.864. The first-order chi connectivity index (χ1) is 8.86. The Kier molecular flexibility index (Phi) is 5.15. The third-order valence-corrected chi connectivity index (χ3v) is 3.17. The predicted molar refractivity (Wildman–Crippen MR) is 75.8 cm³/mol. The molecule has 0 saturated heterocycles. The van der Waals surface area contributed by atoms with Crippen LogP contribution in [-0.4, -0.2) is 21.7 Å². The maximum absolute atomic E-state index is 11.6. The molecule has 0 aromatic carbocycles. The van der Waals surface area contributed by atoms with Crippen molar-refractivity contribution in [2.24, 2.45) is 5.92 Å². The first kappa shape index (κ1) is 15.3. The van der Waals surface area contributed by atoms with E-state index in [0.717, 1.165) is 17.7 Å². The summed E-state index contributed by atoms with van der Waals surface area (Å²) in [5.74, 6) is 1.04. The second kappa shape index (κ2) is 6.41. The van der Waals surface area contributed by atoms with E-state index in [-0.39, 0.29) is 6.10 Å². The summed E-state index contributed by atoms with van der Waals surface area (Å²) < 4.78 is 7.15. The SMILES string of the molecule is C=c1nc(CNC(=O)OC(C)C(C)C)n(CC)c1=C. The summed E-state index contributed by atoms with van der Waals surface area (Å²) in [6.45, 7) is 16.7. The van der Waals surface area contributed by atoms with Crippen LogP contribution in [0.5, 0.6) is 0 Å². The monoisotopic (exact) mass is 265 g/mol. The zero-order valence-corrected chi connectivity index (χ0v) is 12.2. The highest BCUT2D eigenvalue weighted by Gasteiger charge is 2.13. The van der Waals surface area contributed by atoms with Gasteiger partial charge in [0, 0.05) is 6.54 Å². The average molecular weight is 265 g/mol. The van der Waals surface area contributed by atoms with E-state index < -0.39 is 6.09 Å². The van der Waals surface area contributed by atoms with E-state index in [1.165, 1.54) is 0 Å². The van der Waals surface area contributed by atoms with Gasteiger partial charge in [-0.2, -0.15) is 0 Å². The lowest BCUT2D eigenvalue weighted by atomic mass is 10.1. The fourth-order valence-electron chi connectivity index (χ4n) is 1.60. The van der Waals surface area contributed by atoms with Crippen LogP contribution in [0.1, 0.15) is 33.5 Å². The minimum Gasteiger partial charge on any atom is -0.446 e. The molecule has 0 radical (unpaired) electrons. The molecule has 106 valence electrons. The fourth-order valence-corrected chi connectivity index (χ4v) is 1.60. The number of hydrogen-bond acceptors (Lipinski definition) is 3. The molecule has 19 heavy (non-hydrogen) atoms. The van der Waals surface area contributed by atoms with Gasteiger partial charge in [-0.05, 0) is 19.8 Å². The standard InChI is InChI=1S/C14H23N3O2/c1-7-17-11(5)10(4)16-13(17)8-15-14(18)19-12(6)9(2)3/h9,12H,4-5,7-8H2,1-3,6H3,(H,15,18). The molecule has 1 N–H and O–H groups in total. The lowest BCUT2D eigenvalue weighted by molar-refractivity contribution is 0.0815. The molecule has 0 aliphatic carbocycles. The van der Waals surface area contributed by atoms with Crippen molar-refractivity contribution in [1.82, 2.24) is 14.9 Å². The average Bonchev–Trinajstić information content (AvgIpc) is 2.62. The molecule has 5 heteroatoms. The van der Waals surface area contributed by atoms with E-state index in [9.17, 15) is 4.79 Å². The van der Waals surface area contributed by atoms with E-state index in [0.29, 0.717) is 17.8 Å². The molecule has 1 amide bonds. The lowest BCUT2D eigenvalue weighted by Gasteiger charge is -2.16. The fraction of sp³-hybridized carbons (Fsp3) is 0.571. The third-order valence-electron chi connectivity index (χ3n) is 3.17. The highest BCUT2D eigenvalue weighted by Crippen LogP contribution is 2.05. The van der Waals surface area contributed by atoms with Gasteiger partial charge in [0.1, 0.15) is 11.9 Å². The van der Waals surface area contributed by atoms with E-state index in [1.54, 1.807) is 0 Å². The van der Waals surface area contributed by atoms with E-state index in [4.69, 9.17) is 4.74 Å². The van der Waals surface area contributed by atoms with Crippen molar-refractivity contribution in [1.29, 1.82) is 0 Å². The Morgan fingerprint density at radius 1 is 1.42 bits per heavy atom. The second-order valence-corrected chi connectivity index (χ2v) is 4.87. The topological polar surface area (TPSA) is 56.1 Å². The van der Waals surface area contributed by atoms with Crippen molar-refractivity contribution in [2.45, 2.75) is 46.9 Å². The number of carbonyl (C=O) groups excluding carboxylic acids is 1. The molecule has 0 bridgehead atoms. The molecule has 0 aliphatic heterocycles. The molecule has 5 nitrogen and oxygen atoms in total. The predicted octanol–water partition coefficient (Wildman–Crippen LogP) is 0.994. The van der Waals surface area contributed by atoms with Gasteiger partial charge >= 0.3 is 6.09 Å². The number of nitrogens with one attached hydrogen (secondary N) is 1. The van der Waals surface area contributed by atoms with Crippen LogP contribution in [0, 0.1) is 5.92 Å². The van der Waals surface area contributed by atoms with Crippen molar-refractivity contribution < 1.29 is 9.53 Å². The molecule has 1 aromatic heterocycles. The van der Waals surface area contributed by atoms with Crippen LogP contribution in [0.2, 0.25) is 0 Å². The van der Waals surface area contributed by atoms with Gasteiger partial charge in [-0.1, -0.05) is 27.0 Å². The number of alkyl carbamates (subject to hydrolysis) is 1. The molecule has 1 atom stereocenters. The number of nitrogens with zero attached hydrogens (tertiary/aromatic N) is 2. The van der Waals surface area contributed by atoms with Crippen molar-refractivity contribution in [2.75, 3.05) is 0 Å². The van der Waals surface area contributed by atoms with Crippen LogP contribution < -0.4 is 16.0 Å². The Morgan fingerprint density at radius 2 is 2.05 bits per heavy atom. The summed E-state index contributed by atoms with van der Waals surface area (Å²) in [6.07, 6.45) is -0.541. The number of imidazole rings is 1. The zero-order valence-electron chi connectivity index (χ0n) is 12.2. The van der Waals surface area contributed by atoms with Crippen LogP contribution in [0.4, 0.5) is 4.79 Å². The van der Waals surface area contributed by atoms with E-state index in [1.807, 2.05) is 32.3 Å². The third kappa shape index (κ3) is 3.84. The first-order valence-electron chi connectivity index (χ1n) is 6.54. The Balaban J connectivity index is 2.63. The number of carbonyl (C=O) groups is 1. The van der Waals surface area contributed by atoms with Crippen LogP contribution in [0.25, 0.3) is 13.2 Å². The van der Waals surface area contributed by atoms with Gasteiger partial charge < -0.3 is 14.6 Å². The number of ether oxygens (including phenoxy) is 1. The zero-order chi connectivity index (χ0) is 14.6. The molecule has 0 fully saturated rings. The van der Waals surface area contributed by atoms with Gasteiger partial charge in [-0.15, -0.1) is 0 Å². The maximum atomic E-state index is 11.6. The van der Waals surface area contributed by atoms with Gasteiger partial charge in [0.15, 0.2) is 0 Å². The lowest BCUT2D eigenvalue weighted by Crippen LogP contribution is -2.31. The Bertz CT molecular complexity index is 534. The van der Waals surface area contributed by atoms with Gasteiger partial charge in [0.05, 0.1) is 17.2 Å². The van der Waals surface area contributed by atoms with Crippen molar-refractivity contribution in [3.05, 3.63) is 16.5 Å². The van der Waals surface area contributed by atoms with E-state index >= 15 is 0 Å². The van der Waals surface area contributed by atoms with Gasteiger partial charge in [0.2, 0.25) is 0 Å². The highest BCUT2D eigenvalue weighted by atomic mass is 16.6. The molecular weight excluding hydrogens is 242 g/mol. The second-order valence-electron chi connectivity index (χ2n) is 4.87. The number of aromatic nitrogens is 2. The smallest absolute Gasteiger partial charge is 0.407 e. The largest absolute Gasteiger partial charge is 0.446 e. The minimum absolute atomic E-state index is 0.113. The highest BCUT2D eigenvalue weighted by molar-refractivity contribution is 5.67. The summed E-state index contributed by atoms with van der Waals surface area (Å²) in [5.41, 5.74) is 0. The Hall–Kier alpha value is -1.78. The van der Waals surface area contributed by atoms with Gasteiger partial charge in [0.25, 0.3) is 0 Å². The minimum atomic E-state index is -0.428. The normalized spacial score (nSPS) is 12.5. The molecular formula is C14H23N3O2. The summed E-state index contributed by atoms with van der Waals surface area (Å²) in [5, 5.41) is 4.12. The van der Waals surface area contributed by atoms with Crippen LogP contribution in [0.3, 0.4) is 0 Å². The van der Waals surface area contributed by atoms with Crippen molar-refractivity contribution in [3.63, 3.8) is 0 Å². The number of hydrogen-bond donors (Lipinski definition) is 1. The van der Waals surface area contributed by atoms with E-state index in [2.05, 4.69) is 23.5 Å². The van der Waals surface area contributed by atoms with Crippen molar-refractivity contribution >= 4 is 19.3 Å². The Labute approximate surface area is 114 Å². The number of rotatable bonds is 5. The van der Waals surface area contributed by atoms with Crippen molar-refractivity contribution in [3.8, 4) is 0 Å². The molecule has 1 rings (SSSR count). The van der Waals surface area contributed by atoms with Crippen LogP contribution in [-0.2, 0) is 17.8 Å². The summed E-state index contributed by atoms with van der Waals surface area (Å²) in [4.78, 5) is 15.9. The molecule has 0 saturated carbocycles. The summed E-state index contributed by atoms with van der Waals surface area (Å²) >= 11 is 0. The molecule has 0 aliphatic rings. The van der Waals surface area contributed by atoms with Crippen LogP contribution in [0.15, 0.2) is 0 Å². The first-order valence-corrected chi connectivity index (χ1v) is 6.54. The Morgan fingerprint density at radius 3 is 2.58 bits per heavy atom. The summed E-state index contributed by atoms with van der Waals surface area (Å²) in [6, 6.07) is 0. The summed E-state index contributed by atoms with van der Waals surface area (Å²) in [7, 11) is 0. The van der Waals surface area contributed by atoms with Gasteiger partial charge in [-0.3, -0.25) is 0 Å². The molecule has 1 unspecified atom stereocenters. The molecule has 1 aromatic rings. The molecule has 1 heterocycles. The van der Waals surface area contributed by atoms with Crippen LogP contribution >= 0.6 is 0 Å². The number of amides is 1. The van der Waals surface area contributed by atoms with Gasteiger partial charge in [-0.25, -0.2) is 9.78 Å².